The van der Waals surface area contributed by atoms with E-state index in [2.05, 4.69) is 15.2 Å². The summed E-state index contributed by atoms with van der Waals surface area (Å²) < 4.78 is 40.0. The summed E-state index contributed by atoms with van der Waals surface area (Å²) in [5, 5.41) is 16.6. The molecule has 0 spiro atoms. The molecule has 1 aliphatic rings. The van der Waals surface area contributed by atoms with Gasteiger partial charge in [-0.15, -0.1) is 0 Å². The Hall–Kier alpha value is -4.10. The average Bonchev–Trinajstić information content (AvgIpc) is 3.26. The molecule has 3 N–H and O–H groups in total. The van der Waals surface area contributed by atoms with E-state index in [1.807, 2.05) is 13.8 Å². The summed E-state index contributed by atoms with van der Waals surface area (Å²) >= 11 is 0. The van der Waals surface area contributed by atoms with Gasteiger partial charge in [0.25, 0.3) is 15.9 Å². The molecule has 2 aromatic carbocycles. The summed E-state index contributed by atoms with van der Waals surface area (Å²) in [5.74, 6) is 0.0899. The number of hydrogen-bond donors (Lipinski definition) is 3. The van der Waals surface area contributed by atoms with Gasteiger partial charge in [0.05, 0.1) is 29.7 Å². The van der Waals surface area contributed by atoms with Crippen molar-refractivity contribution in [2.75, 3.05) is 36.8 Å². The summed E-state index contributed by atoms with van der Waals surface area (Å²) in [6.45, 7) is 9.08. The molecular weight excluding hydrogens is 562 g/mol. The van der Waals surface area contributed by atoms with Crippen molar-refractivity contribution in [1.82, 2.24) is 15.0 Å². The molecule has 3 amide bonds. The van der Waals surface area contributed by atoms with Gasteiger partial charge in [-0.3, -0.25) is 9.52 Å². The van der Waals surface area contributed by atoms with Crippen LogP contribution in [-0.2, 0) is 10.0 Å². The van der Waals surface area contributed by atoms with Crippen LogP contribution in [0.4, 0.5) is 16.2 Å². The van der Waals surface area contributed by atoms with Crippen LogP contribution in [0.1, 0.15) is 41.2 Å². The van der Waals surface area contributed by atoms with Crippen molar-refractivity contribution < 1.29 is 32.4 Å². The van der Waals surface area contributed by atoms with Crippen molar-refractivity contribution in [3.8, 4) is 5.75 Å². The van der Waals surface area contributed by atoms with Gasteiger partial charge in [-0.1, -0.05) is 29.8 Å². The van der Waals surface area contributed by atoms with Gasteiger partial charge in [0, 0.05) is 25.2 Å². The summed E-state index contributed by atoms with van der Waals surface area (Å²) in [5.41, 5.74) is 2.30. The van der Waals surface area contributed by atoms with Crippen LogP contribution in [0.2, 0.25) is 0 Å². The molecular formula is C29H37N5O7S. The van der Waals surface area contributed by atoms with Crippen LogP contribution in [0.15, 0.2) is 51.9 Å². The number of anilines is 2. The number of likely N-dealkylation sites (N-methyl/N-ethyl adjacent to an activating group) is 1. The molecule has 226 valence electrons. The zero-order valence-corrected chi connectivity index (χ0v) is 25.4. The topological polar surface area (TPSA) is 154 Å². The van der Waals surface area contributed by atoms with Crippen molar-refractivity contribution in [2.24, 2.45) is 5.92 Å². The van der Waals surface area contributed by atoms with Gasteiger partial charge in [0.2, 0.25) is 0 Å². The molecule has 12 nitrogen and oxygen atoms in total. The molecule has 3 atom stereocenters. The van der Waals surface area contributed by atoms with Gasteiger partial charge in [0.1, 0.15) is 23.2 Å². The van der Waals surface area contributed by atoms with E-state index in [0.29, 0.717) is 17.1 Å². The van der Waals surface area contributed by atoms with Crippen LogP contribution in [0, 0.1) is 26.7 Å². The van der Waals surface area contributed by atoms with Crippen LogP contribution in [0.25, 0.3) is 0 Å². The predicted octanol–water partition coefficient (Wildman–Crippen LogP) is 3.78. The number of aliphatic hydroxyl groups excluding tert-OH is 1. The van der Waals surface area contributed by atoms with E-state index >= 15 is 0 Å². The van der Waals surface area contributed by atoms with Crippen molar-refractivity contribution in [3.63, 3.8) is 0 Å². The zero-order chi connectivity index (χ0) is 30.8. The molecule has 0 unspecified atom stereocenters. The average molecular weight is 600 g/mol. The minimum atomic E-state index is -3.92. The highest BCUT2D eigenvalue weighted by Gasteiger charge is 2.34. The normalized spacial score (nSPS) is 17.9. The molecule has 0 saturated carbocycles. The zero-order valence-electron chi connectivity index (χ0n) is 24.5. The molecule has 0 saturated heterocycles. The number of rotatable bonds is 8. The van der Waals surface area contributed by atoms with E-state index in [1.54, 1.807) is 44.9 Å². The van der Waals surface area contributed by atoms with Crippen molar-refractivity contribution in [2.45, 2.75) is 51.7 Å². The first-order valence-electron chi connectivity index (χ1n) is 13.6. The maximum Gasteiger partial charge on any atom is 0.321 e. The smallest absolute Gasteiger partial charge is 0.321 e. The number of carbonyl (C=O) groups excluding carboxylic acids is 2. The maximum atomic E-state index is 13.7. The van der Waals surface area contributed by atoms with Crippen LogP contribution in [0.5, 0.6) is 5.75 Å². The van der Waals surface area contributed by atoms with E-state index in [9.17, 15) is 23.1 Å². The third-order valence-corrected chi connectivity index (χ3v) is 8.71. The minimum Gasteiger partial charge on any atom is -0.487 e. The number of urea groups is 1. The second kappa shape index (κ2) is 12.4. The van der Waals surface area contributed by atoms with Gasteiger partial charge in [-0.2, -0.15) is 0 Å². The first kappa shape index (κ1) is 30.8. The predicted molar refractivity (Wildman–Crippen MR) is 157 cm³/mol. The molecule has 0 aliphatic carbocycles. The van der Waals surface area contributed by atoms with Gasteiger partial charge in [0.15, 0.2) is 5.76 Å². The molecule has 13 heteroatoms. The number of aryl methyl sites for hydroxylation is 3. The van der Waals surface area contributed by atoms with Crippen LogP contribution in [0.3, 0.4) is 0 Å². The van der Waals surface area contributed by atoms with Gasteiger partial charge >= 0.3 is 6.03 Å². The number of sulfonamides is 1. The number of aromatic nitrogens is 1. The molecule has 4 rings (SSSR count). The minimum absolute atomic E-state index is 0.0877. The molecule has 42 heavy (non-hydrogen) atoms. The SMILES string of the molecule is Cc1ccc(S(=O)(=O)Nc2ccc3c(c2)C(=O)N([C@H](C)CO)C[C@@H](C)[C@@H](CN(C)C(=O)Nc2c(C)noc2C)O3)cc1. The fraction of sp³-hybridized carbons (Fsp3) is 0.414. The number of hydrogen-bond acceptors (Lipinski definition) is 8. The van der Waals surface area contributed by atoms with E-state index in [4.69, 9.17) is 9.26 Å². The Bertz CT molecular complexity index is 1540. The number of aliphatic hydroxyl groups is 1. The quantitative estimate of drug-likeness (QED) is 0.353. The summed E-state index contributed by atoms with van der Waals surface area (Å²) in [6.07, 6.45) is -0.541. The summed E-state index contributed by atoms with van der Waals surface area (Å²) in [6, 6.07) is 10.0. The lowest BCUT2D eigenvalue weighted by Gasteiger charge is -2.38. The van der Waals surface area contributed by atoms with E-state index in [-0.39, 0.29) is 53.5 Å². The monoisotopic (exact) mass is 599 g/mol. The fourth-order valence-electron chi connectivity index (χ4n) is 4.65. The van der Waals surface area contributed by atoms with Crippen molar-refractivity contribution >= 4 is 33.3 Å². The van der Waals surface area contributed by atoms with Crippen LogP contribution < -0.4 is 14.8 Å². The highest BCUT2D eigenvalue weighted by atomic mass is 32.2. The Balaban J connectivity index is 1.62. The lowest BCUT2D eigenvalue weighted by Crippen LogP contribution is -2.50. The summed E-state index contributed by atoms with van der Waals surface area (Å²) in [4.78, 5) is 29.8. The standard InChI is InChI=1S/C29H37N5O7S/c1-17-7-10-23(11-8-17)42(38,39)32-22-9-12-25-24(13-22)28(36)34(19(3)16-35)14-18(2)26(40-25)15-33(6)29(37)30-27-20(4)31-41-21(27)5/h7-13,18-19,26,32,35H,14-16H2,1-6H3,(H,30,37)/t18-,19-,26-/m1/s1. The summed E-state index contributed by atoms with van der Waals surface area (Å²) in [7, 11) is -2.29. The molecule has 1 aliphatic heterocycles. The highest BCUT2D eigenvalue weighted by Crippen LogP contribution is 2.31. The maximum absolute atomic E-state index is 13.7. The number of nitrogens with one attached hydrogen (secondary N) is 2. The Morgan fingerprint density at radius 1 is 1.19 bits per heavy atom. The third-order valence-electron chi connectivity index (χ3n) is 7.31. The Labute approximate surface area is 245 Å². The van der Waals surface area contributed by atoms with E-state index in [0.717, 1.165) is 5.56 Å². The lowest BCUT2D eigenvalue weighted by atomic mass is 9.99. The van der Waals surface area contributed by atoms with Crippen molar-refractivity contribution in [3.05, 3.63) is 65.0 Å². The van der Waals surface area contributed by atoms with Gasteiger partial charge in [-0.25, -0.2) is 13.2 Å². The first-order chi connectivity index (χ1) is 19.8. The Morgan fingerprint density at radius 2 is 1.88 bits per heavy atom. The molecule has 0 bridgehead atoms. The van der Waals surface area contributed by atoms with Gasteiger partial charge in [-0.05, 0) is 58.0 Å². The fourth-order valence-corrected chi connectivity index (χ4v) is 5.70. The first-order valence-corrected chi connectivity index (χ1v) is 15.1. The molecule has 1 aromatic heterocycles. The largest absolute Gasteiger partial charge is 0.487 e. The number of nitrogens with zero attached hydrogens (tertiary/aromatic N) is 3. The van der Waals surface area contributed by atoms with E-state index in [1.165, 1.54) is 35.2 Å². The number of ether oxygens (including phenoxy) is 1. The molecule has 2 heterocycles. The molecule has 3 aromatic rings. The van der Waals surface area contributed by atoms with Gasteiger partial charge < -0.3 is 29.5 Å². The number of fused-ring (bicyclic) bond motifs is 1. The Morgan fingerprint density at radius 3 is 2.50 bits per heavy atom. The molecule has 0 fully saturated rings. The highest BCUT2D eigenvalue weighted by molar-refractivity contribution is 7.92. The number of amides is 3. The molecule has 0 radical (unpaired) electrons. The third kappa shape index (κ3) is 6.68. The lowest BCUT2D eigenvalue weighted by molar-refractivity contribution is 0.0371. The number of carbonyl (C=O) groups is 2. The second-order valence-electron chi connectivity index (χ2n) is 10.8. The van der Waals surface area contributed by atoms with Crippen LogP contribution in [-0.4, -0.2) is 79.3 Å². The number of benzene rings is 2. The second-order valence-corrected chi connectivity index (χ2v) is 12.4. The van der Waals surface area contributed by atoms with Crippen LogP contribution >= 0.6 is 0 Å². The van der Waals surface area contributed by atoms with Crippen molar-refractivity contribution in [1.29, 1.82) is 0 Å². The Kier molecular flexibility index (Phi) is 9.12. The van der Waals surface area contributed by atoms with E-state index < -0.39 is 28.1 Å².